The number of allylic oxidation sites excluding steroid dienone is 3. The first-order valence-electron chi connectivity index (χ1n) is 11.1. The van der Waals surface area contributed by atoms with Crippen molar-refractivity contribution in [1.29, 1.82) is 0 Å². The van der Waals surface area contributed by atoms with Gasteiger partial charge in [-0.2, -0.15) is 0 Å². The van der Waals surface area contributed by atoms with Gasteiger partial charge < -0.3 is 24.0 Å². The molecule has 0 aromatic carbocycles. The predicted molar refractivity (Wildman–Crippen MR) is 116 cm³/mol. The SMILES string of the molecule is COC[C@@H]1CCCN1C(=O)O[C@H]1[C@H](OC)C=C2C=C3C(=C(C)C(=O)N3C)C[C@]2(C)[C@H]1C. The number of likely N-dealkylation sites (N-methyl/N-ethyl adjacent to an activating group) is 1. The molecular weight excluding hydrogens is 396 g/mol. The van der Waals surface area contributed by atoms with E-state index in [1.807, 2.05) is 14.0 Å². The van der Waals surface area contributed by atoms with Gasteiger partial charge in [0.1, 0.15) is 12.2 Å². The lowest BCUT2D eigenvalue weighted by Crippen LogP contribution is -2.51. The normalized spacial score (nSPS) is 35.1. The number of hydrogen-bond acceptors (Lipinski definition) is 5. The number of carbonyl (C=O) groups excluding carboxylic acids is 2. The number of hydrogen-bond donors (Lipinski definition) is 0. The number of amides is 2. The van der Waals surface area contributed by atoms with E-state index in [4.69, 9.17) is 14.2 Å². The van der Waals surface area contributed by atoms with Gasteiger partial charge in [0.2, 0.25) is 0 Å². The zero-order chi connectivity index (χ0) is 22.5. The summed E-state index contributed by atoms with van der Waals surface area (Å²) in [6, 6.07) is 0.0621. The van der Waals surface area contributed by atoms with Crippen molar-refractivity contribution < 1.29 is 23.8 Å². The third-order valence-corrected chi connectivity index (χ3v) is 7.89. The van der Waals surface area contributed by atoms with Crippen LogP contribution in [0.4, 0.5) is 4.79 Å². The molecule has 1 fully saturated rings. The summed E-state index contributed by atoms with van der Waals surface area (Å²) in [6.45, 7) is 7.45. The molecule has 5 atom stereocenters. The van der Waals surface area contributed by atoms with Crippen molar-refractivity contribution in [3.8, 4) is 0 Å². The first-order valence-corrected chi connectivity index (χ1v) is 11.1. The fourth-order valence-corrected chi connectivity index (χ4v) is 5.65. The summed E-state index contributed by atoms with van der Waals surface area (Å²) in [5.74, 6) is 0.0743. The minimum atomic E-state index is -0.402. The molecule has 0 N–H and O–H groups in total. The highest BCUT2D eigenvalue weighted by molar-refractivity contribution is 6.00. The van der Waals surface area contributed by atoms with Gasteiger partial charge in [0.15, 0.2) is 0 Å². The Morgan fingerprint density at radius 1 is 1.32 bits per heavy atom. The number of fused-ring (bicyclic) bond motifs is 2. The number of carbonyl (C=O) groups is 2. The lowest BCUT2D eigenvalue weighted by molar-refractivity contribution is -0.123. The fraction of sp³-hybridized carbons (Fsp3) is 0.667. The molecule has 0 radical (unpaired) electrons. The summed E-state index contributed by atoms with van der Waals surface area (Å²) < 4.78 is 17.2. The van der Waals surface area contributed by atoms with Gasteiger partial charge in [0, 0.05) is 50.4 Å². The lowest BCUT2D eigenvalue weighted by Gasteiger charge is -2.49. The molecule has 2 aliphatic carbocycles. The van der Waals surface area contributed by atoms with Crippen molar-refractivity contribution in [3.63, 3.8) is 0 Å². The Balaban J connectivity index is 1.63. The van der Waals surface area contributed by atoms with Crippen LogP contribution < -0.4 is 0 Å². The van der Waals surface area contributed by atoms with E-state index in [-0.39, 0.29) is 35.5 Å². The van der Waals surface area contributed by atoms with Crippen LogP contribution in [0, 0.1) is 11.3 Å². The molecule has 2 heterocycles. The summed E-state index contributed by atoms with van der Waals surface area (Å²) in [5, 5.41) is 0. The second-order valence-electron chi connectivity index (χ2n) is 9.50. The summed E-state index contributed by atoms with van der Waals surface area (Å²) in [5.41, 5.74) is 3.78. The van der Waals surface area contributed by atoms with Crippen molar-refractivity contribution in [1.82, 2.24) is 9.80 Å². The zero-order valence-corrected chi connectivity index (χ0v) is 19.4. The summed E-state index contributed by atoms with van der Waals surface area (Å²) in [6.07, 6.45) is 5.79. The standard InChI is InChI=1S/C24H34N2O5/c1-14-18-12-24(3)15(2)21(31-23(28)26-9-7-8-17(26)13-29-5)20(30-6)11-16(24)10-19(18)25(4)22(14)27/h10-11,15,17,20-21H,7-9,12-13H2,1-6H3/t15-,17-,20+,21+,24+/m0/s1. The number of likely N-dealkylation sites (tertiary alicyclic amines) is 1. The molecule has 0 bridgehead atoms. The van der Waals surface area contributed by atoms with Crippen LogP contribution in [0.2, 0.25) is 0 Å². The van der Waals surface area contributed by atoms with Crippen LogP contribution in [0.5, 0.6) is 0 Å². The Bertz CT molecular complexity index is 875. The lowest BCUT2D eigenvalue weighted by atomic mass is 9.59. The van der Waals surface area contributed by atoms with Crippen LogP contribution in [0.15, 0.2) is 34.6 Å². The second-order valence-corrected chi connectivity index (χ2v) is 9.50. The van der Waals surface area contributed by atoms with Crippen molar-refractivity contribution in [2.45, 2.75) is 58.3 Å². The van der Waals surface area contributed by atoms with Crippen molar-refractivity contribution >= 4 is 12.0 Å². The van der Waals surface area contributed by atoms with E-state index in [9.17, 15) is 9.59 Å². The van der Waals surface area contributed by atoms with Crippen LogP contribution in [-0.2, 0) is 19.0 Å². The molecule has 2 amide bonds. The number of nitrogens with zero attached hydrogens (tertiary/aromatic N) is 2. The minimum absolute atomic E-state index is 0.0176. The quantitative estimate of drug-likeness (QED) is 0.685. The van der Waals surface area contributed by atoms with Gasteiger partial charge in [0.25, 0.3) is 5.91 Å². The average Bonchev–Trinajstić information content (AvgIpc) is 3.29. The van der Waals surface area contributed by atoms with Crippen molar-refractivity contribution in [2.24, 2.45) is 11.3 Å². The highest BCUT2D eigenvalue weighted by Gasteiger charge is 2.51. The molecule has 0 unspecified atom stereocenters. The first-order chi connectivity index (χ1) is 14.7. The number of methoxy groups -OCH3 is 2. The van der Waals surface area contributed by atoms with E-state index in [1.165, 1.54) is 0 Å². The summed E-state index contributed by atoms with van der Waals surface area (Å²) in [4.78, 5) is 29.1. The average molecular weight is 431 g/mol. The fourth-order valence-electron chi connectivity index (χ4n) is 5.65. The number of rotatable bonds is 4. The van der Waals surface area contributed by atoms with Crippen molar-refractivity contribution in [3.05, 3.63) is 34.6 Å². The Labute approximate surface area is 184 Å². The molecule has 0 saturated carbocycles. The first kappa shape index (κ1) is 22.1. The maximum Gasteiger partial charge on any atom is 0.410 e. The van der Waals surface area contributed by atoms with Crippen LogP contribution in [0.1, 0.15) is 40.0 Å². The van der Waals surface area contributed by atoms with Gasteiger partial charge in [-0.3, -0.25) is 4.79 Å². The maximum atomic E-state index is 13.1. The topological polar surface area (TPSA) is 68.3 Å². The molecular formula is C24H34N2O5. The smallest absolute Gasteiger partial charge is 0.410 e. The highest BCUT2D eigenvalue weighted by atomic mass is 16.6. The van der Waals surface area contributed by atoms with E-state index in [2.05, 4.69) is 26.0 Å². The number of ether oxygens (including phenoxy) is 3. The van der Waals surface area contributed by atoms with Gasteiger partial charge in [-0.15, -0.1) is 0 Å². The van der Waals surface area contributed by atoms with Crippen LogP contribution in [-0.4, -0.2) is 74.5 Å². The molecule has 0 spiro atoms. The van der Waals surface area contributed by atoms with Crippen LogP contribution in [0.25, 0.3) is 0 Å². The van der Waals surface area contributed by atoms with Gasteiger partial charge in [-0.25, -0.2) is 4.79 Å². The summed E-state index contributed by atoms with van der Waals surface area (Å²) >= 11 is 0. The predicted octanol–water partition coefficient (Wildman–Crippen LogP) is 3.28. The molecule has 0 aromatic heterocycles. The van der Waals surface area contributed by atoms with Gasteiger partial charge in [-0.05, 0) is 49.5 Å². The van der Waals surface area contributed by atoms with Crippen LogP contribution >= 0.6 is 0 Å². The minimum Gasteiger partial charge on any atom is -0.443 e. The maximum absolute atomic E-state index is 13.1. The van der Waals surface area contributed by atoms with Gasteiger partial charge in [0.05, 0.1) is 12.6 Å². The van der Waals surface area contributed by atoms with E-state index in [1.54, 1.807) is 24.0 Å². The molecule has 2 aliphatic heterocycles. The third-order valence-electron chi connectivity index (χ3n) is 7.89. The molecule has 0 aromatic rings. The molecule has 1 saturated heterocycles. The third kappa shape index (κ3) is 3.42. The molecule has 31 heavy (non-hydrogen) atoms. The Kier molecular flexibility index (Phi) is 5.77. The van der Waals surface area contributed by atoms with Crippen molar-refractivity contribution in [2.75, 3.05) is 34.4 Å². The second kappa shape index (κ2) is 8.10. The van der Waals surface area contributed by atoms with E-state index >= 15 is 0 Å². The monoisotopic (exact) mass is 430 g/mol. The zero-order valence-electron chi connectivity index (χ0n) is 19.4. The molecule has 170 valence electrons. The van der Waals surface area contributed by atoms with E-state index in [0.29, 0.717) is 13.2 Å². The Hall–Kier alpha value is -2.12. The molecule has 7 nitrogen and oxygen atoms in total. The van der Waals surface area contributed by atoms with Gasteiger partial charge in [-0.1, -0.05) is 13.8 Å². The largest absolute Gasteiger partial charge is 0.443 e. The highest BCUT2D eigenvalue weighted by Crippen LogP contribution is 2.54. The molecule has 7 heteroatoms. The molecule has 4 aliphatic rings. The molecule has 4 rings (SSSR count). The van der Waals surface area contributed by atoms with Gasteiger partial charge >= 0.3 is 6.09 Å². The summed E-state index contributed by atoms with van der Waals surface area (Å²) in [7, 11) is 5.13. The Morgan fingerprint density at radius 3 is 2.74 bits per heavy atom. The Morgan fingerprint density at radius 2 is 2.06 bits per heavy atom. The van der Waals surface area contributed by atoms with E-state index in [0.717, 1.165) is 41.7 Å². The van der Waals surface area contributed by atoms with Crippen LogP contribution in [0.3, 0.4) is 0 Å². The van der Waals surface area contributed by atoms with E-state index < -0.39 is 6.10 Å².